The molecule has 2 aromatic heterocycles. The van der Waals surface area contributed by atoms with Crippen LogP contribution in [0.4, 0.5) is 23.2 Å². The average molecular weight is 370 g/mol. The van der Waals surface area contributed by atoms with Crippen molar-refractivity contribution < 1.29 is 27.2 Å². The lowest BCUT2D eigenvalue weighted by atomic mass is 10.2. The third-order valence-corrected chi connectivity index (χ3v) is 3.35. The van der Waals surface area contributed by atoms with E-state index < -0.39 is 41.0 Å². The molecule has 2 heterocycles. The van der Waals surface area contributed by atoms with Crippen LogP contribution in [-0.2, 0) is 15.8 Å². The first-order valence-corrected chi connectivity index (χ1v) is 7.60. The van der Waals surface area contributed by atoms with Gasteiger partial charge in [0.05, 0.1) is 12.4 Å². The standard InChI is InChI=1S/C16H14F4N4O2/c1-3-12(25)24(13(26)4-2)11-8-22-15(23-14(11)16(18,19)20)9-5-10(17)7-21-6-9/h5-8H,3-4H2,1-2H3. The zero-order valence-corrected chi connectivity index (χ0v) is 13.8. The summed E-state index contributed by atoms with van der Waals surface area (Å²) in [6.07, 6.45) is -2.61. The van der Waals surface area contributed by atoms with Crippen molar-refractivity contribution in [1.29, 1.82) is 0 Å². The molecule has 2 amide bonds. The van der Waals surface area contributed by atoms with Crippen molar-refractivity contribution >= 4 is 17.5 Å². The van der Waals surface area contributed by atoms with E-state index in [-0.39, 0.29) is 18.4 Å². The molecule has 0 aromatic carbocycles. The summed E-state index contributed by atoms with van der Waals surface area (Å²) in [6, 6.07) is 0.925. The molecular weight excluding hydrogens is 356 g/mol. The molecule has 0 aliphatic heterocycles. The molecule has 0 spiro atoms. The summed E-state index contributed by atoms with van der Waals surface area (Å²) in [6.45, 7) is 2.83. The monoisotopic (exact) mass is 370 g/mol. The molecule has 10 heteroatoms. The highest BCUT2D eigenvalue weighted by atomic mass is 19.4. The lowest BCUT2D eigenvalue weighted by Gasteiger charge is -2.23. The maximum atomic E-state index is 13.5. The quantitative estimate of drug-likeness (QED) is 0.772. The van der Waals surface area contributed by atoms with Crippen LogP contribution in [0.25, 0.3) is 11.4 Å². The molecule has 0 saturated heterocycles. The molecule has 2 rings (SSSR count). The van der Waals surface area contributed by atoms with E-state index in [9.17, 15) is 27.2 Å². The summed E-state index contributed by atoms with van der Waals surface area (Å²) in [7, 11) is 0. The maximum Gasteiger partial charge on any atom is 0.435 e. The summed E-state index contributed by atoms with van der Waals surface area (Å²) in [4.78, 5) is 35.2. The van der Waals surface area contributed by atoms with E-state index in [2.05, 4.69) is 15.0 Å². The van der Waals surface area contributed by atoms with Crippen LogP contribution >= 0.6 is 0 Å². The van der Waals surface area contributed by atoms with E-state index in [1.807, 2.05) is 0 Å². The first kappa shape index (κ1) is 19.4. The van der Waals surface area contributed by atoms with E-state index in [1.54, 1.807) is 0 Å². The van der Waals surface area contributed by atoms with Gasteiger partial charge in [-0.3, -0.25) is 14.6 Å². The van der Waals surface area contributed by atoms with Crippen molar-refractivity contribution in [1.82, 2.24) is 15.0 Å². The van der Waals surface area contributed by atoms with Gasteiger partial charge in [-0.1, -0.05) is 13.8 Å². The molecule has 0 aliphatic carbocycles. The van der Waals surface area contributed by atoms with Gasteiger partial charge in [-0.05, 0) is 6.07 Å². The second-order valence-corrected chi connectivity index (χ2v) is 5.15. The number of carbonyl (C=O) groups is 2. The van der Waals surface area contributed by atoms with Crippen molar-refractivity contribution in [2.24, 2.45) is 0 Å². The summed E-state index contributed by atoms with van der Waals surface area (Å²) in [5.74, 6) is -2.83. The molecule has 6 nitrogen and oxygen atoms in total. The number of anilines is 1. The van der Waals surface area contributed by atoms with Crippen molar-refractivity contribution in [3.8, 4) is 11.4 Å². The first-order chi connectivity index (χ1) is 12.2. The van der Waals surface area contributed by atoms with E-state index in [0.717, 1.165) is 24.7 Å². The number of aromatic nitrogens is 3. The predicted molar refractivity (Wildman–Crippen MR) is 83.3 cm³/mol. The number of hydrogen-bond donors (Lipinski definition) is 0. The van der Waals surface area contributed by atoms with E-state index in [4.69, 9.17) is 0 Å². The van der Waals surface area contributed by atoms with Gasteiger partial charge in [0, 0.05) is 24.6 Å². The van der Waals surface area contributed by atoms with Gasteiger partial charge in [-0.2, -0.15) is 13.2 Å². The predicted octanol–water partition coefficient (Wildman–Crippen LogP) is 3.38. The van der Waals surface area contributed by atoms with Crippen molar-refractivity contribution in [2.45, 2.75) is 32.9 Å². The Labute approximate surface area is 145 Å². The Morgan fingerprint density at radius 1 is 1.08 bits per heavy atom. The zero-order valence-electron chi connectivity index (χ0n) is 13.8. The van der Waals surface area contributed by atoms with Crippen LogP contribution in [0.5, 0.6) is 0 Å². The van der Waals surface area contributed by atoms with Crippen LogP contribution in [0.15, 0.2) is 24.7 Å². The third kappa shape index (κ3) is 4.01. The zero-order chi connectivity index (χ0) is 19.5. The van der Waals surface area contributed by atoms with E-state index in [0.29, 0.717) is 4.90 Å². The Morgan fingerprint density at radius 2 is 1.69 bits per heavy atom. The molecular formula is C16H14F4N4O2. The lowest BCUT2D eigenvalue weighted by Crippen LogP contribution is -2.38. The van der Waals surface area contributed by atoms with Gasteiger partial charge in [0.25, 0.3) is 0 Å². The van der Waals surface area contributed by atoms with Crippen LogP contribution in [0.3, 0.4) is 0 Å². The van der Waals surface area contributed by atoms with Crippen molar-refractivity contribution in [3.05, 3.63) is 36.2 Å². The topological polar surface area (TPSA) is 76.1 Å². The van der Waals surface area contributed by atoms with Gasteiger partial charge < -0.3 is 0 Å². The normalized spacial score (nSPS) is 11.3. The second kappa shape index (κ2) is 7.54. The summed E-state index contributed by atoms with van der Waals surface area (Å²) < 4.78 is 53.7. The molecule has 138 valence electrons. The SMILES string of the molecule is CCC(=O)N(C(=O)CC)c1cnc(-c2cncc(F)c2)nc1C(F)(F)F. The molecule has 2 aromatic rings. The average Bonchev–Trinajstić information content (AvgIpc) is 2.60. The fourth-order valence-corrected chi connectivity index (χ4v) is 2.14. The largest absolute Gasteiger partial charge is 0.435 e. The number of halogens is 4. The Bertz CT molecular complexity index is 823. The number of nitrogens with zero attached hydrogens (tertiary/aromatic N) is 4. The van der Waals surface area contributed by atoms with Crippen LogP contribution in [0.2, 0.25) is 0 Å². The van der Waals surface area contributed by atoms with Crippen molar-refractivity contribution in [3.63, 3.8) is 0 Å². The molecule has 0 saturated carbocycles. The fraction of sp³-hybridized carbons (Fsp3) is 0.312. The molecule has 0 radical (unpaired) electrons. The highest BCUT2D eigenvalue weighted by Crippen LogP contribution is 2.36. The number of hydrogen-bond acceptors (Lipinski definition) is 5. The minimum atomic E-state index is -4.96. The van der Waals surface area contributed by atoms with Crippen molar-refractivity contribution in [2.75, 3.05) is 4.90 Å². The highest BCUT2D eigenvalue weighted by molar-refractivity contribution is 6.14. The number of alkyl halides is 3. The number of amides is 2. The molecule has 0 unspecified atom stereocenters. The number of carbonyl (C=O) groups excluding carboxylic acids is 2. The van der Waals surface area contributed by atoms with Gasteiger partial charge in [-0.15, -0.1) is 0 Å². The lowest BCUT2D eigenvalue weighted by molar-refractivity contribution is -0.140. The van der Waals surface area contributed by atoms with Crippen LogP contribution in [0, 0.1) is 5.82 Å². The summed E-state index contributed by atoms with van der Waals surface area (Å²) in [5, 5.41) is 0. The summed E-state index contributed by atoms with van der Waals surface area (Å²) in [5.41, 5.74) is -2.29. The van der Waals surface area contributed by atoms with Crippen LogP contribution in [-0.4, -0.2) is 26.8 Å². The van der Waals surface area contributed by atoms with Gasteiger partial charge in [0.2, 0.25) is 11.8 Å². The third-order valence-electron chi connectivity index (χ3n) is 3.35. The van der Waals surface area contributed by atoms with E-state index >= 15 is 0 Å². The smallest absolute Gasteiger partial charge is 0.274 e. The molecule has 0 fully saturated rings. The van der Waals surface area contributed by atoms with Crippen LogP contribution in [0.1, 0.15) is 32.4 Å². The maximum absolute atomic E-state index is 13.5. The number of rotatable bonds is 4. The molecule has 0 bridgehead atoms. The van der Waals surface area contributed by atoms with Crippen LogP contribution < -0.4 is 4.90 Å². The fourth-order valence-electron chi connectivity index (χ4n) is 2.14. The molecule has 0 atom stereocenters. The minimum absolute atomic E-state index is 0.0720. The molecule has 0 N–H and O–H groups in total. The summed E-state index contributed by atoms with van der Waals surface area (Å²) >= 11 is 0. The second-order valence-electron chi connectivity index (χ2n) is 5.15. The van der Waals surface area contributed by atoms with Gasteiger partial charge in [0.15, 0.2) is 11.5 Å². The van der Waals surface area contributed by atoms with Gasteiger partial charge in [-0.25, -0.2) is 19.3 Å². The molecule has 26 heavy (non-hydrogen) atoms. The Kier molecular flexibility index (Phi) is 5.63. The molecule has 0 aliphatic rings. The van der Waals surface area contributed by atoms with E-state index in [1.165, 1.54) is 13.8 Å². The van der Waals surface area contributed by atoms with Gasteiger partial charge >= 0.3 is 6.18 Å². The highest BCUT2D eigenvalue weighted by Gasteiger charge is 2.40. The first-order valence-electron chi connectivity index (χ1n) is 7.60. The minimum Gasteiger partial charge on any atom is -0.274 e. The number of pyridine rings is 1. The Hall–Kier alpha value is -2.91. The Balaban J connectivity index is 2.67. The van der Waals surface area contributed by atoms with Gasteiger partial charge in [0.1, 0.15) is 11.5 Å². The number of imide groups is 1. The Morgan fingerprint density at radius 3 is 2.19 bits per heavy atom.